The second-order valence-corrected chi connectivity index (χ2v) is 4.18. The molecule has 0 atom stereocenters. The van der Waals surface area contributed by atoms with Crippen molar-refractivity contribution in [2.24, 2.45) is 5.92 Å². The fourth-order valence-electron chi connectivity index (χ4n) is 1.65. The Bertz CT molecular complexity index is 377. The molecule has 0 radical (unpaired) electrons. The topological polar surface area (TPSA) is 42.0 Å². The molecule has 1 heterocycles. The van der Waals surface area contributed by atoms with E-state index in [1.165, 1.54) is 25.1 Å². The van der Waals surface area contributed by atoms with Crippen LogP contribution in [0.3, 0.4) is 0 Å². The van der Waals surface area contributed by atoms with Crippen molar-refractivity contribution in [2.45, 2.75) is 25.7 Å². The van der Waals surface area contributed by atoms with Crippen molar-refractivity contribution in [3.8, 4) is 0 Å². The van der Waals surface area contributed by atoms with Gasteiger partial charge < -0.3 is 5.32 Å². The average molecular weight is 222 g/mol. The summed E-state index contributed by atoms with van der Waals surface area (Å²) in [5, 5.41) is 2.70. The van der Waals surface area contributed by atoms with Crippen LogP contribution >= 0.6 is 0 Å². The highest BCUT2D eigenvalue weighted by atomic mass is 19.1. The summed E-state index contributed by atoms with van der Waals surface area (Å²) in [5.74, 6) is -0.212. The number of carbonyl (C=O) groups excluding carboxylic acids is 1. The predicted octanol–water partition coefficient (Wildman–Crippen LogP) is 2.14. The van der Waals surface area contributed by atoms with Crippen LogP contribution in [0.15, 0.2) is 18.3 Å². The molecule has 1 aliphatic rings. The Morgan fingerprint density at radius 1 is 1.56 bits per heavy atom. The van der Waals surface area contributed by atoms with Crippen molar-refractivity contribution < 1.29 is 9.18 Å². The summed E-state index contributed by atoms with van der Waals surface area (Å²) < 4.78 is 13.1. The van der Waals surface area contributed by atoms with Gasteiger partial charge in [-0.3, -0.25) is 4.79 Å². The molecule has 1 fully saturated rings. The van der Waals surface area contributed by atoms with Gasteiger partial charge in [-0.15, -0.1) is 0 Å². The van der Waals surface area contributed by atoms with Crippen molar-refractivity contribution in [2.75, 3.05) is 6.54 Å². The highest BCUT2D eigenvalue weighted by Crippen LogP contribution is 2.33. The van der Waals surface area contributed by atoms with Gasteiger partial charge in [-0.25, -0.2) is 4.98 Å². The molecule has 0 spiro atoms. The fraction of sp³-hybridized carbons (Fsp3) is 0.500. The predicted molar refractivity (Wildman–Crippen MR) is 58.5 cm³/mol. The van der Waals surface area contributed by atoms with Gasteiger partial charge in [0.15, 0.2) is 0 Å². The van der Waals surface area contributed by atoms with Gasteiger partial charge >= 0.3 is 0 Å². The van der Waals surface area contributed by atoms with Gasteiger partial charge in [-0.1, -0.05) is 12.8 Å². The molecule has 0 bridgehead atoms. The third-order valence-electron chi connectivity index (χ3n) is 2.78. The van der Waals surface area contributed by atoms with E-state index in [1.807, 2.05) is 0 Å². The summed E-state index contributed by atoms with van der Waals surface area (Å²) in [6.45, 7) is 0.615. The highest BCUT2D eigenvalue weighted by molar-refractivity contribution is 5.94. The molecule has 0 aromatic carbocycles. The molecule has 2 rings (SSSR count). The van der Waals surface area contributed by atoms with Crippen molar-refractivity contribution >= 4 is 5.91 Å². The first-order valence-corrected chi connectivity index (χ1v) is 5.66. The molecule has 1 saturated carbocycles. The Labute approximate surface area is 94.1 Å². The standard InChI is InChI=1S/C12H15FN2O/c13-11-10(4-2-7-14-11)12(16)15-8-1-3-9-5-6-9/h2,4,7,9H,1,3,5-6,8H2,(H,15,16). The molecule has 1 aromatic rings. The van der Waals surface area contributed by atoms with Crippen molar-refractivity contribution in [3.05, 3.63) is 29.8 Å². The minimum absolute atomic E-state index is 0.0221. The maximum absolute atomic E-state index is 13.1. The van der Waals surface area contributed by atoms with Crippen LogP contribution in [-0.2, 0) is 0 Å². The Hall–Kier alpha value is -1.45. The zero-order chi connectivity index (χ0) is 11.4. The summed E-state index contributed by atoms with van der Waals surface area (Å²) in [6, 6.07) is 3.00. The number of nitrogens with one attached hydrogen (secondary N) is 1. The van der Waals surface area contributed by atoms with E-state index in [2.05, 4.69) is 10.3 Å². The van der Waals surface area contributed by atoms with Crippen molar-refractivity contribution in [3.63, 3.8) is 0 Å². The fourth-order valence-corrected chi connectivity index (χ4v) is 1.65. The maximum Gasteiger partial charge on any atom is 0.255 e. The van der Waals surface area contributed by atoms with Gasteiger partial charge in [-0.05, 0) is 30.9 Å². The molecule has 0 saturated heterocycles. The smallest absolute Gasteiger partial charge is 0.255 e. The summed E-state index contributed by atoms with van der Waals surface area (Å²) in [7, 11) is 0. The Kier molecular flexibility index (Phi) is 3.49. The molecule has 0 unspecified atom stereocenters. The first-order valence-electron chi connectivity index (χ1n) is 5.66. The molecular formula is C12H15FN2O. The summed E-state index contributed by atoms with van der Waals surface area (Å²) in [5.41, 5.74) is 0.0221. The summed E-state index contributed by atoms with van der Waals surface area (Å²) >= 11 is 0. The molecule has 4 heteroatoms. The lowest BCUT2D eigenvalue weighted by molar-refractivity contribution is 0.0948. The summed E-state index contributed by atoms with van der Waals surface area (Å²) in [4.78, 5) is 15.0. The van der Waals surface area contributed by atoms with E-state index in [0.29, 0.717) is 6.54 Å². The maximum atomic E-state index is 13.1. The van der Waals surface area contributed by atoms with E-state index in [4.69, 9.17) is 0 Å². The second kappa shape index (κ2) is 5.05. The lowest BCUT2D eigenvalue weighted by Crippen LogP contribution is -2.25. The number of amides is 1. The number of aromatic nitrogens is 1. The normalized spacial score (nSPS) is 14.8. The van der Waals surface area contributed by atoms with Gasteiger partial charge in [0.05, 0.1) is 5.56 Å². The lowest BCUT2D eigenvalue weighted by Gasteiger charge is -2.04. The van der Waals surface area contributed by atoms with Crippen LogP contribution in [0.25, 0.3) is 0 Å². The Morgan fingerprint density at radius 2 is 2.38 bits per heavy atom. The van der Waals surface area contributed by atoms with Gasteiger partial charge in [0, 0.05) is 12.7 Å². The van der Waals surface area contributed by atoms with Crippen molar-refractivity contribution in [1.82, 2.24) is 10.3 Å². The first kappa shape index (κ1) is 11.0. The largest absolute Gasteiger partial charge is 0.352 e. The number of halogens is 1. The number of hydrogen-bond acceptors (Lipinski definition) is 2. The third kappa shape index (κ3) is 3.02. The molecule has 1 N–H and O–H groups in total. The molecule has 3 nitrogen and oxygen atoms in total. The number of nitrogens with zero attached hydrogens (tertiary/aromatic N) is 1. The van der Waals surface area contributed by atoms with Gasteiger partial charge in [0.2, 0.25) is 5.95 Å². The van der Waals surface area contributed by atoms with Crippen LogP contribution in [0, 0.1) is 11.9 Å². The minimum Gasteiger partial charge on any atom is -0.352 e. The van der Waals surface area contributed by atoms with Gasteiger partial charge in [-0.2, -0.15) is 4.39 Å². The number of hydrogen-bond donors (Lipinski definition) is 1. The minimum atomic E-state index is -0.706. The van der Waals surface area contributed by atoms with E-state index in [0.717, 1.165) is 18.8 Å². The molecule has 86 valence electrons. The molecular weight excluding hydrogens is 207 g/mol. The van der Waals surface area contributed by atoms with E-state index in [9.17, 15) is 9.18 Å². The zero-order valence-corrected chi connectivity index (χ0v) is 9.08. The SMILES string of the molecule is O=C(NCCCC1CC1)c1cccnc1F. The van der Waals surface area contributed by atoms with Crippen LogP contribution in [0.2, 0.25) is 0 Å². The number of rotatable bonds is 5. The highest BCUT2D eigenvalue weighted by Gasteiger charge is 2.20. The van der Waals surface area contributed by atoms with Gasteiger partial charge in [0.25, 0.3) is 5.91 Å². The molecule has 1 aliphatic carbocycles. The molecule has 16 heavy (non-hydrogen) atoms. The second-order valence-electron chi connectivity index (χ2n) is 4.18. The first-order chi connectivity index (χ1) is 7.77. The molecule has 1 aromatic heterocycles. The Balaban J connectivity index is 1.76. The number of carbonyl (C=O) groups is 1. The lowest BCUT2D eigenvalue weighted by atomic mass is 10.2. The zero-order valence-electron chi connectivity index (χ0n) is 9.08. The average Bonchev–Trinajstić information content (AvgIpc) is 3.08. The van der Waals surface area contributed by atoms with Gasteiger partial charge in [0.1, 0.15) is 0 Å². The summed E-state index contributed by atoms with van der Waals surface area (Å²) in [6.07, 6.45) is 6.11. The monoisotopic (exact) mass is 222 g/mol. The van der Waals surface area contributed by atoms with E-state index in [-0.39, 0.29) is 11.5 Å². The quantitative estimate of drug-likeness (QED) is 0.612. The van der Waals surface area contributed by atoms with E-state index >= 15 is 0 Å². The van der Waals surface area contributed by atoms with Crippen LogP contribution in [0.1, 0.15) is 36.0 Å². The van der Waals surface area contributed by atoms with E-state index in [1.54, 1.807) is 6.07 Å². The van der Waals surface area contributed by atoms with Crippen LogP contribution in [0.4, 0.5) is 4.39 Å². The van der Waals surface area contributed by atoms with Crippen molar-refractivity contribution in [1.29, 1.82) is 0 Å². The molecule has 0 aliphatic heterocycles. The van der Waals surface area contributed by atoms with E-state index < -0.39 is 5.95 Å². The molecule has 1 amide bonds. The third-order valence-corrected chi connectivity index (χ3v) is 2.78. The van der Waals surface area contributed by atoms with Crippen LogP contribution in [0.5, 0.6) is 0 Å². The van der Waals surface area contributed by atoms with Crippen LogP contribution < -0.4 is 5.32 Å². The Morgan fingerprint density at radius 3 is 3.06 bits per heavy atom. The number of pyridine rings is 1. The van der Waals surface area contributed by atoms with Crippen LogP contribution in [-0.4, -0.2) is 17.4 Å².